The second-order valence-corrected chi connectivity index (χ2v) is 5.06. The summed E-state index contributed by atoms with van der Waals surface area (Å²) in [5, 5.41) is 9.47. The van der Waals surface area contributed by atoms with Crippen molar-refractivity contribution in [2.45, 2.75) is 19.4 Å². The van der Waals surface area contributed by atoms with E-state index in [0.717, 1.165) is 12.1 Å². The van der Waals surface area contributed by atoms with E-state index in [4.69, 9.17) is 0 Å². The van der Waals surface area contributed by atoms with Crippen LogP contribution in [0.2, 0.25) is 0 Å². The number of pyridine rings is 1. The fourth-order valence-corrected chi connectivity index (χ4v) is 2.58. The SMILES string of the molecule is CCC(C(=O)O)n1c(-c2ccncc2)nc2cc(F)c(F)cc21. The van der Waals surface area contributed by atoms with Gasteiger partial charge in [-0.3, -0.25) is 4.98 Å². The molecule has 0 radical (unpaired) electrons. The number of fused-ring (bicyclic) bond motifs is 1. The van der Waals surface area contributed by atoms with Crippen molar-refractivity contribution in [3.8, 4) is 11.4 Å². The van der Waals surface area contributed by atoms with E-state index in [9.17, 15) is 18.7 Å². The van der Waals surface area contributed by atoms with Gasteiger partial charge in [-0.15, -0.1) is 0 Å². The van der Waals surface area contributed by atoms with Crippen LogP contribution in [-0.2, 0) is 4.79 Å². The number of carboxylic acid groups (broad SMARTS) is 1. The van der Waals surface area contributed by atoms with Crippen molar-refractivity contribution in [3.05, 3.63) is 48.3 Å². The van der Waals surface area contributed by atoms with E-state index in [1.165, 1.54) is 4.57 Å². The molecule has 1 aromatic carbocycles. The van der Waals surface area contributed by atoms with E-state index in [2.05, 4.69) is 9.97 Å². The predicted molar refractivity (Wildman–Crippen MR) is 79.8 cm³/mol. The van der Waals surface area contributed by atoms with Gasteiger partial charge in [0.1, 0.15) is 11.9 Å². The Balaban J connectivity index is 2.36. The van der Waals surface area contributed by atoms with Crippen molar-refractivity contribution in [2.24, 2.45) is 0 Å². The van der Waals surface area contributed by atoms with Crippen molar-refractivity contribution in [1.29, 1.82) is 0 Å². The van der Waals surface area contributed by atoms with Gasteiger partial charge in [0.05, 0.1) is 11.0 Å². The largest absolute Gasteiger partial charge is 0.480 e. The lowest BCUT2D eigenvalue weighted by Gasteiger charge is -2.16. The Morgan fingerprint density at radius 1 is 1.26 bits per heavy atom. The molecule has 118 valence electrons. The minimum Gasteiger partial charge on any atom is -0.480 e. The molecule has 0 saturated carbocycles. The highest BCUT2D eigenvalue weighted by atomic mass is 19.2. The molecular formula is C16H13F2N3O2. The number of halogens is 2. The van der Waals surface area contributed by atoms with Gasteiger partial charge in [0.15, 0.2) is 11.6 Å². The highest BCUT2D eigenvalue weighted by Crippen LogP contribution is 2.31. The number of benzene rings is 1. The van der Waals surface area contributed by atoms with Gasteiger partial charge in [-0.25, -0.2) is 18.6 Å². The van der Waals surface area contributed by atoms with E-state index < -0.39 is 23.6 Å². The summed E-state index contributed by atoms with van der Waals surface area (Å²) in [6.45, 7) is 1.71. The molecule has 5 nitrogen and oxygen atoms in total. The second kappa shape index (κ2) is 5.75. The summed E-state index contributed by atoms with van der Waals surface area (Å²) in [7, 11) is 0. The van der Waals surface area contributed by atoms with E-state index in [1.807, 2.05) is 0 Å². The summed E-state index contributed by atoms with van der Waals surface area (Å²) in [5.74, 6) is -2.79. The summed E-state index contributed by atoms with van der Waals surface area (Å²) < 4.78 is 28.5. The molecule has 1 N–H and O–H groups in total. The molecule has 7 heteroatoms. The number of carboxylic acids is 1. The van der Waals surface area contributed by atoms with E-state index >= 15 is 0 Å². The maximum absolute atomic E-state index is 13.6. The zero-order chi connectivity index (χ0) is 16.6. The second-order valence-electron chi connectivity index (χ2n) is 5.06. The third-order valence-electron chi connectivity index (χ3n) is 3.65. The molecule has 1 atom stereocenters. The zero-order valence-electron chi connectivity index (χ0n) is 12.2. The Bertz CT molecular complexity index is 878. The predicted octanol–water partition coefficient (Wildman–Crippen LogP) is 3.41. The number of hydrogen-bond donors (Lipinski definition) is 1. The lowest BCUT2D eigenvalue weighted by molar-refractivity contribution is -0.140. The molecule has 3 rings (SSSR count). The molecule has 0 aliphatic rings. The van der Waals surface area contributed by atoms with Gasteiger partial charge in [0.2, 0.25) is 0 Å². The first kappa shape index (κ1) is 15.1. The summed E-state index contributed by atoms with van der Waals surface area (Å²) in [4.78, 5) is 19.8. The molecule has 0 fully saturated rings. The lowest BCUT2D eigenvalue weighted by atomic mass is 10.2. The maximum atomic E-state index is 13.6. The molecule has 2 aromatic heterocycles. The molecule has 3 aromatic rings. The summed E-state index contributed by atoms with van der Waals surface area (Å²) >= 11 is 0. The Labute approximate surface area is 130 Å². The van der Waals surface area contributed by atoms with Gasteiger partial charge in [-0.05, 0) is 18.6 Å². The van der Waals surface area contributed by atoms with Crippen LogP contribution in [0.3, 0.4) is 0 Å². The molecule has 1 unspecified atom stereocenters. The van der Waals surface area contributed by atoms with Crippen molar-refractivity contribution >= 4 is 17.0 Å². The van der Waals surface area contributed by atoms with Gasteiger partial charge >= 0.3 is 5.97 Å². The molecule has 0 aliphatic carbocycles. The minimum atomic E-state index is -1.06. The number of imidazole rings is 1. The Morgan fingerprint density at radius 2 is 1.91 bits per heavy atom. The van der Waals surface area contributed by atoms with Crippen molar-refractivity contribution < 1.29 is 18.7 Å². The monoisotopic (exact) mass is 317 g/mol. The standard InChI is InChI=1S/C16H13F2N3O2/c1-2-13(16(22)23)21-14-8-11(18)10(17)7-12(14)20-15(21)9-3-5-19-6-4-9/h3-8,13H,2H2,1H3,(H,22,23). The first-order valence-electron chi connectivity index (χ1n) is 7.03. The van der Waals surface area contributed by atoms with Crippen molar-refractivity contribution in [2.75, 3.05) is 0 Å². The van der Waals surface area contributed by atoms with Crippen molar-refractivity contribution in [3.63, 3.8) is 0 Å². The third kappa shape index (κ3) is 2.54. The normalized spacial score (nSPS) is 12.5. The molecule has 23 heavy (non-hydrogen) atoms. The quantitative estimate of drug-likeness (QED) is 0.800. The highest BCUT2D eigenvalue weighted by Gasteiger charge is 2.25. The molecule has 0 spiro atoms. The number of hydrogen-bond acceptors (Lipinski definition) is 3. The van der Waals surface area contributed by atoms with Gasteiger partial charge in [0.25, 0.3) is 0 Å². The number of aromatic nitrogens is 3. The zero-order valence-corrected chi connectivity index (χ0v) is 12.2. The maximum Gasteiger partial charge on any atom is 0.326 e. The molecule has 0 aliphatic heterocycles. The first-order chi connectivity index (χ1) is 11.0. The van der Waals surface area contributed by atoms with Crippen LogP contribution in [-0.4, -0.2) is 25.6 Å². The van der Waals surface area contributed by atoms with Crippen LogP contribution >= 0.6 is 0 Å². The first-order valence-corrected chi connectivity index (χ1v) is 7.03. The Kier molecular flexibility index (Phi) is 3.77. The van der Waals surface area contributed by atoms with Gasteiger partial charge in [0, 0.05) is 30.1 Å². The molecule has 0 bridgehead atoms. The average Bonchev–Trinajstić information content (AvgIpc) is 2.88. The van der Waals surface area contributed by atoms with Crippen LogP contribution in [0.15, 0.2) is 36.7 Å². The van der Waals surface area contributed by atoms with Gasteiger partial charge in [-0.1, -0.05) is 6.92 Å². The Morgan fingerprint density at radius 3 is 2.52 bits per heavy atom. The van der Waals surface area contributed by atoms with Crippen LogP contribution in [0.25, 0.3) is 22.4 Å². The number of rotatable bonds is 4. The number of carbonyl (C=O) groups is 1. The molecule has 0 amide bonds. The smallest absolute Gasteiger partial charge is 0.326 e. The number of aliphatic carboxylic acids is 1. The van der Waals surface area contributed by atoms with Crippen LogP contribution in [0.5, 0.6) is 0 Å². The highest BCUT2D eigenvalue weighted by molar-refractivity contribution is 5.84. The fourth-order valence-electron chi connectivity index (χ4n) is 2.58. The van der Waals surface area contributed by atoms with Crippen LogP contribution < -0.4 is 0 Å². The summed E-state index contributed by atoms with van der Waals surface area (Å²) in [5.41, 5.74) is 1.07. The molecular weight excluding hydrogens is 304 g/mol. The average molecular weight is 317 g/mol. The van der Waals surface area contributed by atoms with Gasteiger partial charge in [-0.2, -0.15) is 0 Å². The molecule has 2 heterocycles. The summed E-state index contributed by atoms with van der Waals surface area (Å²) in [6.07, 6.45) is 3.36. The van der Waals surface area contributed by atoms with Crippen LogP contribution in [0.4, 0.5) is 8.78 Å². The Hall–Kier alpha value is -2.83. The van der Waals surface area contributed by atoms with Gasteiger partial charge < -0.3 is 9.67 Å². The van der Waals surface area contributed by atoms with Crippen LogP contribution in [0, 0.1) is 11.6 Å². The number of nitrogens with zero attached hydrogens (tertiary/aromatic N) is 3. The van der Waals surface area contributed by atoms with E-state index in [-0.39, 0.29) is 17.5 Å². The van der Waals surface area contributed by atoms with E-state index in [1.54, 1.807) is 31.5 Å². The minimum absolute atomic E-state index is 0.204. The molecule has 0 saturated heterocycles. The van der Waals surface area contributed by atoms with Crippen LogP contribution in [0.1, 0.15) is 19.4 Å². The van der Waals surface area contributed by atoms with Crippen molar-refractivity contribution in [1.82, 2.24) is 14.5 Å². The third-order valence-corrected chi connectivity index (χ3v) is 3.65. The fraction of sp³-hybridized carbons (Fsp3) is 0.188. The summed E-state index contributed by atoms with van der Waals surface area (Å²) in [6, 6.07) is 4.35. The topological polar surface area (TPSA) is 68.0 Å². The lowest BCUT2D eigenvalue weighted by Crippen LogP contribution is -2.19. The van der Waals surface area contributed by atoms with E-state index in [0.29, 0.717) is 11.4 Å².